The molecule has 1 heterocycles. The number of aryl methyl sites for hydroxylation is 1. The van der Waals surface area contributed by atoms with Crippen molar-refractivity contribution in [2.75, 3.05) is 45.3 Å². The van der Waals surface area contributed by atoms with Gasteiger partial charge in [-0.1, -0.05) is 42.5 Å². The maximum Gasteiger partial charge on any atom is 0.241 e. The second-order valence-corrected chi connectivity index (χ2v) is 11.1. The van der Waals surface area contributed by atoms with Gasteiger partial charge in [0.15, 0.2) is 11.5 Å². The van der Waals surface area contributed by atoms with Gasteiger partial charge in [-0.2, -0.15) is 4.72 Å². The third-order valence-electron chi connectivity index (χ3n) is 7.05. The van der Waals surface area contributed by atoms with Gasteiger partial charge in [0.25, 0.3) is 0 Å². The van der Waals surface area contributed by atoms with Crippen molar-refractivity contribution in [2.24, 2.45) is 0 Å². The van der Waals surface area contributed by atoms with Crippen LogP contribution in [0, 0.1) is 13.8 Å². The summed E-state index contributed by atoms with van der Waals surface area (Å²) in [5, 5.41) is 0. The first-order chi connectivity index (χ1) is 18.2. The number of anilines is 1. The van der Waals surface area contributed by atoms with Gasteiger partial charge in [-0.05, 0) is 55.2 Å². The molecule has 1 saturated heterocycles. The summed E-state index contributed by atoms with van der Waals surface area (Å²) in [4.78, 5) is 17.8. The SMILES string of the molecule is COc1ccc(S(=O)(=O)NC(Cc2ccccc2)C(=O)N2CCN(c3cccc(C)c3C)CC2)cc1OC. The average molecular weight is 538 g/mol. The molecule has 1 amide bonds. The lowest BCUT2D eigenvalue weighted by atomic mass is 10.0. The highest BCUT2D eigenvalue weighted by molar-refractivity contribution is 7.89. The molecule has 0 aromatic heterocycles. The van der Waals surface area contributed by atoms with Crippen LogP contribution in [0.1, 0.15) is 16.7 Å². The molecule has 1 aliphatic heterocycles. The average Bonchev–Trinajstić information content (AvgIpc) is 2.94. The standard InChI is InChI=1S/C29H35N3O5S/c1-21-9-8-12-26(22(21)2)31-15-17-32(18-16-31)29(33)25(19-23-10-6-5-7-11-23)30-38(34,35)24-13-14-27(36-3)28(20-24)37-4/h5-14,20,25,30H,15-19H2,1-4H3. The van der Waals surface area contributed by atoms with Crippen LogP contribution in [0.15, 0.2) is 71.6 Å². The van der Waals surface area contributed by atoms with Crippen molar-refractivity contribution in [3.05, 3.63) is 83.4 Å². The molecule has 1 fully saturated rings. The number of benzene rings is 3. The van der Waals surface area contributed by atoms with Crippen molar-refractivity contribution < 1.29 is 22.7 Å². The normalized spacial score (nSPS) is 14.7. The number of hydrogen-bond acceptors (Lipinski definition) is 6. The number of piperazine rings is 1. The fraction of sp³-hybridized carbons (Fsp3) is 0.345. The van der Waals surface area contributed by atoms with E-state index in [0.717, 1.165) is 5.56 Å². The molecule has 1 atom stereocenters. The van der Waals surface area contributed by atoms with E-state index in [9.17, 15) is 13.2 Å². The van der Waals surface area contributed by atoms with E-state index in [4.69, 9.17) is 9.47 Å². The van der Waals surface area contributed by atoms with E-state index >= 15 is 0 Å². The molecule has 202 valence electrons. The van der Waals surface area contributed by atoms with Crippen LogP contribution in [0.2, 0.25) is 0 Å². The van der Waals surface area contributed by atoms with Gasteiger partial charge in [0.1, 0.15) is 6.04 Å². The van der Waals surface area contributed by atoms with Crippen molar-refractivity contribution >= 4 is 21.6 Å². The summed E-state index contributed by atoms with van der Waals surface area (Å²) in [6, 6.07) is 19.1. The van der Waals surface area contributed by atoms with Crippen molar-refractivity contribution in [1.82, 2.24) is 9.62 Å². The lowest BCUT2D eigenvalue weighted by Crippen LogP contribution is -2.55. The summed E-state index contributed by atoms with van der Waals surface area (Å²) in [6.45, 7) is 6.58. The van der Waals surface area contributed by atoms with E-state index < -0.39 is 16.1 Å². The molecule has 0 spiro atoms. The molecule has 0 aliphatic carbocycles. The molecule has 3 aromatic rings. The number of rotatable bonds is 9. The summed E-state index contributed by atoms with van der Waals surface area (Å²) in [5.74, 6) is 0.479. The molecule has 1 unspecified atom stereocenters. The highest BCUT2D eigenvalue weighted by Crippen LogP contribution is 2.30. The molecule has 3 aromatic carbocycles. The number of nitrogens with one attached hydrogen (secondary N) is 1. The van der Waals surface area contributed by atoms with Gasteiger partial charge in [0.2, 0.25) is 15.9 Å². The van der Waals surface area contributed by atoms with Gasteiger partial charge >= 0.3 is 0 Å². The zero-order valence-corrected chi connectivity index (χ0v) is 23.1. The Hall–Kier alpha value is -3.56. The Labute approximate surface area is 225 Å². The van der Waals surface area contributed by atoms with Crippen LogP contribution in [-0.2, 0) is 21.2 Å². The van der Waals surface area contributed by atoms with Gasteiger partial charge in [0, 0.05) is 37.9 Å². The molecule has 8 nitrogen and oxygen atoms in total. The van der Waals surface area contributed by atoms with E-state index in [-0.39, 0.29) is 17.2 Å². The van der Waals surface area contributed by atoms with Gasteiger partial charge < -0.3 is 19.3 Å². The predicted octanol–water partition coefficient (Wildman–Crippen LogP) is 3.56. The summed E-state index contributed by atoms with van der Waals surface area (Å²) in [7, 11) is -1.10. The fourth-order valence-electron chi connectivity index (χ4n) is 4.73. The molecule has 1 N–H and O–H groups in total. The Kier molecular flexibility index (Phi) is 8.58. The molecule has 38 heavy (non-hydrogen) atoms. The van der Waals surface area contributed by atoms with Gasteiger partial charge in [0.05, 0.1) is 19.1 Å². The fourth-order valence-corrected chi connectivity index (χ4v) is 5.94. The van der Waals surface area contributed by atoms with Crippen LogP contribution < -0.4 is 19.1 Å². The Balaban J connectivity index is 1.54. The second kappa shape index (κ2) is 11.9. The first-order valence-electron chi connectivity index (χ1n) is 12.6. The molecule has 0 bridgehead atoms. The first kappa shape index (κ1) is 27.5. The zero-order chi connectivity index (χ0) is 27.3. The predicted molar refractivity (Wildman–Crippen MR) is 149 cm³/mol. The Morgan fingerprint density at radius 3 is 2.24 bits per heavy atom. The minimum Gasteiger partial charge on any atom is -0.493 e. The van der Waals surface area contributed by atoms with Crippen molar-refractivity contribution in [3.8, 4) is 11.5 Å². The van der Waals surface area contributed by atoms with Crippen LogP contribution in [-0.4, -0.2) is 65.7 Å². The third-order valence-corrected chi connectivity index (χ3v) is 8.52. The van der Waals surface area contributed by atoms with Gasteiger partial charge in [-0.25, -0.2) is 8.42 Å². The molecule has 9 heteroatoms. The largest absolute Gasteiger partial charge is 0.493 e. The number of ether oxygens (including phenoxy) is 2. The number of sulfonamides is 1. The summed E-state index contributed by atoms with van der Waals surface area (Å²) in [6.07, 6.45) is 0.239. The molecular weight excluding hydrogens is 502 g/mol. The molecular formula is C29H35N3O5S. The first-order valence-corrected chi connectivity index (χ1v) is 14.1. The lowest BCUT2D eigenvalue weighted by Gasteiger charge is -2.38. The molecule has 0 saturated carbocycles. The minimum absolute atomic E-state index is 0.000698. The van der Waals surface area contributed by atoms with Crippen LogP contribution in [0.5, 0.6) is 11.5 Å². The number of hydrogen-bond donors (Lipinski definition) is 1. The zero-order valence-electron chi connectivity index (χ0n) is 22.3. The van der Waals surface area contributed by atoms with E-state index in [1.165, 1.54) is 49.2 Å². The van der Waals surface area contributed by atoms with Gasteiger partial charge in [-0.3, -0.25) is 4.79 Å². The number of carbonyl (C=O) groups excluding carboxylic acids is 1. The van der Waals surface area contributed by atoms with Crippen LogP contribution in [0.4, 0.5) is 5.69 Å². The van der Waals surface area contributed by atoms with Crippen molar-refractivity contribution in [1.29, 1.82) is 0 Å². The highest BCUT2D eigenvalue weighted by Gasteiger charge is 2.32. The maximum absolute atomic E-state index is 13.7. The van der Waals surface area contributed by atoms with Crippen molar-refractivity contribution in [3.63, 3.8) is 0 Å². The van der Waals surface area contributed by atoms with E-state index in [1.807, 2.05) is 36.4 Å². The minimum atomic E-state index is -4.03. The Morgan fingerprint density at radius 1 is 0.895 bits per heavy atom. The summed E-state index contributed by atoms with van der Waals surface area (Å²) >= 11 is 0. The number of nitrogens with zero attached hydrogens (tertiary/aromatic N) is 2. The van der Waals surface area contributed by atoms with E-state index in [2.05, 4.69) is 35.6 Å². The van der Waals surface area contributed by atoms with Crippen LogP contribution >= 0.6 is 0 Å². The van der Waals surface area contributed by atoms with Gasteiger partial charge in [-0.15, -0.1) is 0 Å². The van der Waals surface area contributed by atoms with Crippen molar-refractivity contribution in [2.45, 2.75) is 31.2 Å². The number of carbonyl (C=O) groups is 1. The quantitative estimate of drug-likeness (QED) is 0.449. The number of amides is 1. The van der Waals surface area contributed by atoms with E-state index in [1.54, 1.807) is 4.90 Å². The summed E-state index contributed by atoms with van der Waals surface area (Å²) in [5.41, 5.74) is 4.51. The van der Waals surface area contributed by atoms with Crippen LogP contribution in [0.3, 0.4) is 0 Å². The monoisotopic (exact) mass is 537 g/mol. The molecule has 0 radical (unpaired) electrons. The number of methoxy groups -OCH3 is 2. The Bertz CT molecular complexity index is 1370. The molecule has 1 aliphatic rings. The highest BCUT2D eigenvalue weighted by atomic mass is 32.2. The lowest BCUT2D eigenvalue weighted by molar-refractivity contribution is -0.133. The summed E-state index contributed by atoms with van der Waals surface area (Å²) < 4.78 is 40.0. The van der Waals surface area contributed by atoms with E-state index in [0.29, 0.717) is 37.7 Å². The Morgan fingerprint density at radius 2 is 1.58 bits per heavy atom. The smallest absolute Gasteiger partial charge is 0.241 e. The second-order valence-electron chi connectivity index (χ2n) is 9.41. The third kappa shape index (κ3) is 6.11. The molecule has 4 rings (SSSR count). The maximum atomic E-state index is 13.7. The topological polar surface area (TPSA) is 88.2 Å². The van der Waals surface area contributed by atoms with Crippen LogP contribution in [0.25, 0.3) is 0 Å².